The Balaban J connectivity index is 1.20. The molecule has 7 rings (SSSR count). The van der Waals surface area contributed by atoms with Gasteiger partial charge in [0.25, 0.3) is 5.56 Å². The van der Waals surface area contributed by atoms with E-state index >= 15 is 8.78 Å². The molecule has 45 heavy (non-hydrogen) atoms. The van der Waals surface area contributed by atoms with Gasteiger partial charge >= 0.3 is 13.6 Å². The second-order valence-corrected chi connectivity index (χ2v) is 16.0. The first-order valence-electron chi connectivity index (χ1n) is 13.1. The Morgan fingerprint density at radius 1 is 0.933 bits per heavy atom. The number of ether oxygens (including phenoxy) is 2. The maximum Gasteiger partial charge on any atom is 0.386 e. The predicted molar refractivity (Wildman–Crippen MR) is 154 cm³/mol. The topological polar surface area (TPSA) is 226 Å². The Bertz CT molecular complexity index is 1880. The molecule has 0 radical (unpaired) electrons. The second-order valence-electron chi connectivity index (χ2n) is 10.2. The summed E-state index contributed by atoms with van der Waals surface area (Å²) in [6.45, 7) is -10.5. The zero-order valence-corrected chi connectivity index (χ0v) is 25.9. The van der Waals surface area contributed by atoms with Crippen LogP contribution < -0.4 is 11.3 Å². The van der Waals surface area contributed by atoms with E-state index in [-0.39, 0.29) is 40.8 Å². The molecule has 0 spiro atoms. The summed E-state index contributed by atoms with van der Waals surface area (Å²) < 4.78 is 94.0. The molecular formula is C21H22F2N8O10P2S2. The predicted octanol–water partition coefficient (Wildman–Crippen LogP) is 2.25. The lowest BCUT2D eigenvalue weighted by Crippen LogP contribution is -2.33. The fourth-order valence-electron chi connectivity index (χ4n) is 5.35. The summed E-state index contributed by atoms with van der Waals surface area (Å²) in [5.41, 5.74) is 4.70. The molecule has 242 valence electrons. The van der Waals surface area contributed by atoms with E-state index in [4.69, 9.17) is 33.3 Å². The third kappa shape index (κ3) is 5.60. The van der Waals surface area contributed by atoms with Gasteiger partial charge in [0.1, 0.15) is 24.4 Å². The zero-order valence-electron chi connectivity index (χ0n) is 22.4. The number of carbonyl (C=O) groups excluding carboxylic acids is 1. The van der Waals surface area contributed by atoms with Gasteiger partial charge < -0.3 is 15.2 Å². The summed E-state index contributed by atoms with van der Waals surface area (Å²) >= 11 is 7.92. The maximum atomic E-state index is 16.0. The van der Waals surface area contributed by atoms with E-state index in [0.717, 1.165) is 21.8 Å². The minimum absolute atomic E-state index is 0.00281. The number of hydrogen-bond donors (Lipinski definition) is 4. The number of carbonyl (C=O) groups is 1. The summed E-state index contributed by atoms with van der Waals surface area (Å²) in [4.78, 5) is 42.9. The normalized spacial score (nSPS) is 38.8. The number of ketones is 1. The molecule has 4 aliphatic heterocycles. The molecule has 0 saturated carbocycles. The van der Waals surface area contributed by atoms with Crippen LogP contribution in [0.5, 0.6) is 0 Å². The molecular weight excluding hydrogens is 688 g/mol. The number of aromatic amines is 1. The molecule has 10 atom stereocenters. The number of hydrogen-bond acceptors (Lipinski definition) is 15. The van der Waals surface area contributed by atoms with Crippen molar-refractivity contribution in [1.29, 1.82) is 0 Å². The van der Waals surface area contributed by atoms with E-state index in [2.05, 4.69) is 49.4 Å². The first kappa shape index (κ1) is 31.1. The van der Waals surface area contributed by atoms with Crippen LogP contribution in [0.1, 0.15) is 29.4 Å². The minimum Gasteiger partial charge on any atom is -0.369 e. The van der Waals surface area contributed by atoms with Gasteiger partial charge in [0.05, 0.1) is 25.9 Å². The number of nitrogens with zero attached hydrogens (tertiary/aromatic N) is 6. The molecule has 3 fully saturated rings. The van der Waals surface area contributed by atoms with Gasteiger partial charge in [0.15, 0.2) is 53.3 Å². The van der Waals surface area contributed by atoms with Crippen LogP contribution in [0.4, 0.5) is 20.5 Å². The molecule has 3 N–H and O–H groups in total. The number of nitrogens with two attached hydrogens (primary N) is 1. The Kier molecular flexibility index (Phi) is 7.82. The largest absolute Gasteiger partial charge is 0.386 e. The summed E-state index contributed by atoms with van der Waals surface area (Å²) in [6.07, 6.45) is -10.0. The summed E-state index contributed by atoms with van der Waals surface area (Å²) in [5.74, 6) is -0.585. The number of Topliss-reactive ketones (excluding diaryl/α,β-unsaturated/α-hetero) is 1. The quantitative estimate of drug-likeness (QED) is 0.221. The van der Waals surface area contributed by atoms with E-state index in [0.29, 0.717) is 0 Å². The van der Waals surface area contributed by atoms with Crippen molar-refractivity contribution >= 4 is 73.0 Å². The lowest BCUT2D eigenvalue weighted by molar-refractivity contribution is -0.0566. The van der Waals surface area contributed by atoms with Crippen molar-refractivity contribution in [2.75, 3.05) is 18.9 Å². The van der Waals surface area contributed by atoms with Gasteiger partial charge in [-0.3, -0.25) is 41.8 Å². The van der Waals surface area contributed by atoms with Crippen LogP contribution >= 0.6 is 38.1 Å². The van der Waals surface area contributed by atoms with Crippen molar-refractivity contribution in [3.63, 3.8) is 0 Å². The summed E-state index contributed by atoms with van der Waals surface area (Å²) in [5, 5.41) is 0. The van der Waals surface area contributed by atoms with Crippen molar-refractivity contribution < 1.29 is 50.3 Å². The number of aliphatic imine (C=N–C) groups is 1. The lowest BCUT2D eigenvalue weighted by atomic mass is 10.1. The molecule has 24 heteroatoms. The highest BCUT2D eigenvalue weighted by Crippen LogP contribution is 2.60. The van der Waals surface area contributed by atoms with Crippen molar-refractivity contribution in [3.8, 4) is 0 Å². The Morgan fingerprint density at radius 2 is 1.60 bits per heavy atom. The Labute approximate surface area is 260 Å². The highest BCUT2D eigenvalue weighted by Gasteiger charge is 2.54. The smallest absolute Gasteiger partial charge is 0.369 e. The van der Waals surface area contributed by atoms with Crippen LogP contribution in [0.15, 0.2) is 22.4 Å². The van der Waals surface area contributed by atoms with Gasteiger partial charge in [-0.25, -0.2) is 32.9 Å². The molecule has 7 heterocycles. The van der Waals surface area contributed by atoms with Gasteiger partial charge in [-0.1, -0.05) is 24.5 Å². The molecule has 0 amide bonds. The van der Waals surface area contributed by atoms with Crippen LogP contribution in [-0.2, 0) is 36.7 Å². The number of aromatic nitrogens is 6. The Morgan fingerprint density at radius 3 is 2.36 bits per heavy atom. The number of anilines is 1. The SMILES string of the molecule is Nc1nc2c(ncn2[C@@H]2O[C@@H]3CO[P@@](=O)(S)O[C@H]4[C@H](F)[C@H](n5cnc6c5N=CCC6=O)O[C@@H]4CO[P@@](=O)(S)O[C@@H]2[C@@H]3F)c(=O)[nH]1. The van der Waals surface area contributed by atoms with Gasteiger partial charge in [-0.2, -0.15) is 4.98 Å². The maximum absolute atomic E-state index is 16.0. The first-order chi connectivity index (χ1) is 21.3. The molecule has 0 aromatic carbocycles. The van der Waals surface area contributed by atoms with E-state index < -0.39 is 81.6 Å². The number of thiol groups is 2. The van der Waals surface area contributed by atoms with Gasteiger partial charge in [0.2, 0.25) is 5.95 Å². The standard InChI is InChI=1S/C21H22F2N8O10P2S2/c22-10-8-3-36-42(34,44)40-14-9(39-19(11(14)23)30-5-26-12-7(32)1-2-25-16(12)30)4-37-43(35,45)41-15(10)20(38-8)31-6-27-13-17(31)28-21(24)29-18(13)33/h2,5-6,8-11,14-15,19-20H,1,3-4H2,(H,34,44)(H,35,45)(H3,24,28,29,33)/t8-,9-,10-,11+,14-,15-,19-,20-,42-,43-/m1/s1. The van der Waals surface area contributed by atoms with Crippen LogP contribution in [0.2, 0.25) is 0 Å². The Hall–Kier alpha value is -2.52. The van der Waals surface area contributed by atoms with Crippen LogP contribution in [0, 0.1) is 0 Å². The summed E-state index contributed by atoms with van der Waals surface area (Å²) in [6, 6.07) is 0. The van der Waals surface area contributed by atoms with Gasteiger partial charge in [-0.15, -0.1) is 0 Å². The van der Waals surface area contributed by atoms with Crippen molar-refractivity contribution in [2.45, 2.75) is 55.6 Å². The highest BCUT2D eigenvalue weighted by atomic mass is 32.7. The molecule has 3 aromatic heterocycles. The van der Waals surface area contributed by atoms with Crippen LogP contribution in [0.25, 0.3) is 11.2 Å². The molecule has 3 saturated heterocycles. The fraction of sp³-hybridized carbons (Fsp3) is 0.524. The number of nitrogens with one attached hydrogen (secondary N) is 1. The van der Waals surface area contributed by atoms with E-state index in [9.17, 15) is 18.7 Å². The van der Waals surface area contributed by atoms with E-state index in [1.165, 1.54) is 6.21 Å². The number of rotatable bonds is 2. The van der Waals surface area contributed by atoms with Gasteiger partial charge in [-0.05, 0) is 0 Å². The highest BCUT2D eigenvalue weighted by molar-refractivity contribution is 8.44. The average Bonchev–Trinajstić information content (AvgIpc) is 3.72. The number of imidazole rings is 2. The van der Waals surface area contributed by atoms with Crippen LogP contribution in [-0.4, -0.2) is 91.0 Å². The molecule has 0 aliphatic carbocycles. The van der Waals surface area contributed by atoms with Gasteiger partial charge in [0, 0.05) is 12.6 Å². The molecule has 18 nitrogen and oxygen atoms in total. The molecule has 2 bridgehead atoms. The van der Waals surface area contributed by atoms with Crippen molar-refractivity contribution in [1.82, 2.24) is 29.1 Å². The number of H-pyrrole nitrogens is 1. The number of nitrogen functional groups attached to an aromatic ring is 1. The second kappa shape index (κ2) is 11.3. The van der Waals surface area contributed by atoms with Crippen LogP contribution in [0.3, 0.4) is 0 Å². The third-order valence-corrected chi connectivity index (χ3v) is 10.6. The average molecular weight is 711 g/mol. The van der Waals surface area contributed by atoms with E-state index in [1.807, 2.05) is 0 Å². The van der Waals surface area contributed by atoms with E-state index in [1.54, 1.807) is 0 Å². The molecule has 3 aromatic rings. The summed E-state index contributed by atoms with van der Waals surface area (Å²) in [7, 11) is 0. The zero-order chi connectivity index (χ0) is 31.8. The number of halogens is 2. The lowest BCUT2D eigenvalue weighted by Gasteiger charge is -2.26. The minimum atomic E-state index is -4.51. The third-order valence-electron chi connectivity index (χ3n) is 7.37. The van der Waals surface area contributed by atoms with Crippen molar-refractivity contribution in [3.05, 3.63) is 28.7 Å². The fourth-order valence-corrected chi connectivity index (χ4v) is 8.29. The molecule has 0 unspecified atom stereocenters. The first-order valence-corrected chi connectivity index (χ1v) is 18.5. The molecule has 4 aliphatic rings. The number of fused-ring (bicyclic) bond motifs is 5. The monoisotopic (exact) mass is 710 g/mol. The number of alkyl halides is 2. The van der Waals surface area contributed by atoms with Crippen molar-refractivity contribution in [2.24, 2.45) is 4.99 Å².